The Morgan fingerprint density at radius 1 is 1.37 bits per heavy atom. The van der Waals surface area contributed by atoms with Crippen LogP contribution in [0, 0.1) is 11.8 Å². The topological polar surface area (TPSA) is 55.6 Å². The van der Waals surface area contributed by atoms with E-state index in [1.807, 2.05) is 7.05 Å². The summed E-state index contributed by atoms with van der Waals surface area (Å²) in [5.74, 6) is 1.25. The smallest absolute Gasteiger partial charge is 0.239 e. The molecule has 1 fully saturated rings. The summed E-state index contributed by atoms with van der Waals surface area (Å²) in [5, 5.41) is 0. The molecule has 1 atom stereocenters. The van der Waals surface area contributed by atoms with Gasteiger partial charge in [-0.3, -0.25) is 4.79 Å². The summed E-state index contributed by atoms with van der Waals surface area (Å²) in [5.41, 5.74) is 5.92. The van der Waals surface area contributed by atoms with Crippen LogP contribution in [0.4, 0.5) is 0 Å². The Labute approximate surface area is 123 Å². The van der Waals surface area contributed by atoms with Gasteiger partial charge in [0.25, 0.3) is 0 Å². The van der Waals surface area contributed by atoms with Crippen molar-refractivity contribution in [2.75, 3.05) is 26.8 Å². The zero-order valence-corrected chi connectivity index (χ0v) is 13.2. The number of ether oxygens (including phenoxy) is 1. The van der Waals surface area contributed by atoms with Crippen molar-refractivity contribution in [2.24, 2.45) is 17.6 Å². The van der Waals surface area contributed by atoms with E-state index in [1.165, 1.54) is 0 Å². The van der Waals surface area contributed by atoms with Crippen LogP contribution in [0.25, 0.3) is 0 Å². The van der Waals surface area contributed by atoms with Gasteiger partial charge in [-0.05, 0) is 37.5 Å². The molecule has 0 aromatic carbocycles. The Hall–Kier alpha value is -0.320. The minimum absolute atomic E-state index is 0. The summed E-state index contributed by atoms with van der Waals surface area (Å²) in [7, 11) is 1.86. The zero-order chi connectivity index (χ0) is 13.5. The average molecular weight is 293 g/mol. The minimum Gasteiger partial charge on any atom is -0.381 e. The fourth-order valence-corrected chi connectivity index (χ4v) is 2.41. The maximum Gasteiger partial charge on any atom is 0.239 e. The summed E-state index contributed by atoms with van der Waals surface area (Å²) in [6, 6.07) is -0.343. The molecule has 5 heteroatoms. The number of carbonyl (C=O) groups excluding carboxylic acids is 1. The van der Waals surface area contributed by atoms with Crippen molar-refractivity contribution in [1.29, 1.82) is 0 Å². The van der Waals surface area contributed by atoms with Gasteiger partial charge in [0.15, 0.2) is 0 Å². The molecule has 4 nitrogen and oxygen atoms in total. The highest BCUT2D eigenvalue weighted by Gasteiger charge is 2.20. The van der Waals surface area contributed by atoms with Crippen LogP contribution in [-0.2, 0) is 9.53 Å². The van der Waals surface area contributed by atoms with E-state index in [2.05, 4.69) is 13.8 Å². The number of amides is 1. The molecule has 0 aliphatic carbocycles. The van der Waals surface area contributed by atoms with Gasteiger partial charge in [-0.1, -0.05) is 13.8 Å². The third-order valence-corrected chi connectivity index (χ3v) is 3.63. The van der Waals surface area contributed by atoms with Gasteiger partial charge in [0, 0.05) is 26.8 Å². The van der Waals surface area contributed by atoms with E-state index in [4.69, 9.17) is 10.5 Å². The van der Waals surface area contributed by atoms with Crippen LogP contribution >= 0.6 is 12.4 Å². The highest BCUT2D eigenvalue weighted by molar-refractivity contribution is 5.85. The Bertz CT molecular complexity index is 256. The second-order valence-corrected chi connectivity index (χ2v) is 5.84. The molecule has 0 spiro atoms. The second kappa shape index (κ2) is 9.56. The van der Waals surface area contributed by atoms with Crippen molar-refractivity contribution in [3.05, 3.63) is 0 Å². The quantitative estimate of drug-likeness (QED) is 0.815. The monoisotopic (exact) mass is 292 g/mol. The molecule has 1 saturated heterocycles. The number of hydrogen-bond donors (Lipinski definition) is 1. The van der Waals surface area contributed by atoms with E-state index in [0.29, 0.717) is 11.8 Å². The van der Waals surface area contributed by atoms with Crippen molar-refractivity contribution in [1.82, 2.24) is 4.90 Å². The SMILES string of the molecule is CC(C)C[C@H](N)C(=O)N(C)CCC1CCOCC1.Cl. The first kappa shape index (κ1) is 18.7. The number of halogens is 1. The molecule has 0 aromatic heterocycles. The van der Waals surface area contributed by atoms with Gasteiger partial charge in [0.1, 0.15) is 0 Å². The number of hydrogen-bond acceptors (Lipinski definition) is 3. The van der Waals surface area contributed by atoms with E-state index in [0.717, 1.165) is 45.4 Å². The molecule has 1 amide bonds. The van der Waals surface area contributed by atoms with Gasteiger partial charge in [0.2, 0.25) is 5.91 Å². The molecule has 1 aliphatic rings. The molecular formula is C14H29ClN2O2. The maximum atomic E-state index is 12.0. The molecule has 1 aliphatic heterocycles. The van der Waals surface area contributed by atoms with Crippen LogP contribution in [0.2, 0.25) is 0 Å². The second-order valence-electron chi connectivity index (χ2n) is 5.84. The molecule has 0 radical (unpaired) electrons. The predicted molar refractivity (Wildman–Crippen MR) is 80.5 cm³/mol. The lowest BCUT2D eigenvalue weighted by Gasteiger charge is -2.26. The van der Waals surface area contributed by atoms with Gasteiger partial charge in [0.05, 0.1) is 6.04 Å². The Morgan fingerprint density at radius 2 is 1.95 bits per heavy atom. The van der Waals surface area contributed by atoms with E-state index < -0.39 is 0 Å². The Balaban J connectivity index is 0.00000324. The van der Waals surface area contributed by atoms with Crippen molar-refractivity contribution < 1.29 is 9.53 Å². The summed E-state index contributed by atoms with van der Waals surface area (Å²) in [4.78, 5) is 13.8. The molecule has 19 heavy (non-hydrogen) atoms. The molecule has 114 valence electrons. The number of carbonyl (C=O) groups is 1. The first-order valence-corrected chi connectivity index (χ1v) is 7.09. The van der Waals surface area contributed by atoms with E-state index >= 15 is 0 Å². The minimum atomic E-state index is -0.343. The molecule has 1 heterocycles. The van der Waals surface area contributed by atoms with Crippen LogP contribution in [0.1, 0.15) is 39.5 Å². The summed E-state index contributed by atoms with van der Waals surface area (Å²) < 4.78 is 5.34. The highest BCUT2D eigenvalue weighted by atomic mass is 35.5. The number of nitrogens with zero attached hydrogens (tertiary/aromatic N) is 1. The lowest BCUT2D eigenvalue weighted by atomic mass is 9.96. The van der Waals surface area contributed by atoms with Gasteiger partial charge in [-0.25, -0.2) is 0 Å². The van der Waals surface area contributed by atoms with Crippen LogP contribution in [-0.4, -0.2) is 43.7 Å². The fraction of sp³-hybridized carbons (Fsp3) is 0.929. The number of nitrogens with two attached hydrogens (primary N) is 1. The first-order valence-electron chi connectivity index (χ1n) is 7.09. The zero-order valence-electron chi connectivity index (χ0n) is 12.4. The average Bonchev–Trinajstić information content (AvgIpc) is 2.35. The van der Waals surface area contributed by atoms with E-state index in [-0.39, 0.29) is 24.4 Å². The Kier molecular flexibility index (Phi) is 9.40. The molecule has 0 aromatic rings. The van der Waals surface area contributed by atoms with Gasteiger partial charge in [-0.15, -0.1) is 12.4 Å². The normalized spacial score (nSPS) is 17.9. The van der Waals surface area contributed by atoms with Crippen molar-refractivity contribution in [2.45, 2.75) is 45.6 Å². The number of likely N-dealkylation sites (N-methyl/N-ethyl adjacent to an activating group) is 1. The van der Waals surface area contributed by atoms with Crippen LogP contribution < -0.4 is 5.73 Å². The van der Waals surface area contributed by atoms with Crippen molar-refractivity contribution >= 4 is 18.3 Å². The molecular weight excluding hydrogens is 264 g/mol. The number of rotatable bonds is 6. The predicted octanol–water partition coefficient (Wildman–Crippen LogP) is 2.06. The lowest BCUT2D eigenvalue weighted by Crippen LogP contribution is -2.43. The molecule has 2 N–H and O–H groups in total. The van der Waals surface area contributed by atoms with Crippen LogP contribution in [0.5, 0.6) is 0 Å². The first-order chi connectivity index (χ1) is 8.50. The largest absolute Gasteiger partial charge is 0.381 e. The highest BCUT2D eigenvalue weighted by Crippen LogP contribution is 2.18. The summed E-state index contributed by atoms with van der Waals surface area (Å²) in [6.07, 6.45) is 4.08. The third kappa shape index (κ3) is 7.14. The Morgan fingerprint density at radius 3 is 2.47 bits per heavy atom. The van der Waals surface area contributed by atoms with Crippen molar-refractivity contribution in [3.8, 4) is 0 Å². The molecule has 1 rings (SSSR count). The van der Waals surface area contributed by atoms with Crippen LogP contribution in [0.3, 0.4) is 0 Å². The van der Waals surface area contributed by atoms with Crippen molar-refractivity contribution in [3.63, 3.8) is 0 Å². The summed E-state index contributed by atoms with van der Waals surface area (Å²) >= 11 is 0. The van der Waals surface area contributed by atoms with E-state index in [9.17, 15) is 4.79 Å². The third-order valence-electron chi connectivity index (χ3n) is 3.63. The molecule has 0 bridgehead atoms. The van der Waals surface area contributed by atoms with Gasteiger partial charge >= 0.3 is 0 Å². The van der Waals surface area contributed by atoms with Crippen LogP contribution in [0.15, 0.2) is 0 Å². The van der Waals surface area contributed by atoms with Gasteiger partial charge in [-0.2, -0.15) is 0 Å². The van der Waals surface area contributed by atoms with Gasteiger partial charge < -0.3 is 15.4 Å². The molecule has 0 unspecified atom stereocenters. The van der Waals surface area contributed by atoms with E-state index in [1.54, 1.807) is 4.90 Å². The maximum absolute atomic E-state index is 12.0. The lowest BCUT2D eigenvalue weighted by molar-refractivity contribution is -0.131. The fourth-order valence-electron chi connectivity index (χ4n) is 2.41. The standard InChI is InChI=1S/C14H28N2O2.ClH/c1-11(2)10-13(15)14(17)16(3)7-4-12-5-8-18-9-6-12;/h11-13H,4-10,15H2,1-3H3;1H/t13-;/m0./s1. The summed E-state index contributed by atoms with van der Waals surface area (Å²) in [6.45, 7) is 6.74. The molecule has 0 saturated carbocycles.